The minimum Gasteiger partial charge on any atom is -0.508 e. The van der Waals surface area contributed by atoms with E-state index >= 15 is 0 Å². The highest BCUT2D eigenvalue weighted by molar-refractivity contribution is 7.89. The van der Waals surface area contributed by atoms with Gasteiger partial charge in [0.1, 0.15) is 5.75 Å². The molecule has 0 aliphatic rings. The number of hydrogen-bond acceptors (Lipinski definition) is 7. The van der Waals surface area contributed by atoms with Crippen molar-refractivity contribution in [3.8, 4) is 16.9 Å². The van der Waals surface area contributed by atoms with Gasteiger partial charge in [-0.3, -0.25) is 0 Å². The minimum absolute atomic E-state index is 0.0288. The maximum atomic E-state index is 12.0. The highest BCUT2D eigenvalue weighted by Crippen LogP contribution is 2.25. The van der Waals surface area contributed by atoms with Crippen molar-refractivity contribution in [1.82, 2.24) is 5.32 Å². The lowest BCUT2D eigenvalue weighted by molar-refractivity contribution is 0.126. The summed E-state index contributed by atoms with van der Waals surface area (Å²) in [5.41, 5.74) is 3.83. The number of benzene rings is 3. The second kappa shape index (κ2) is 16.5. The SMILES string of the molecule is NS(=O)(=O)c1cc(CCCCOCCCCCCNC[C@H](O)c2ccc(O)c(CO)c2)cc(-c2ccccc2)c1. The average Bonchev–Trinajstić information content (AvgIpc) is 2.95. The number of hydrogen-bond donors (Lipinski definition) is 5. The molecule has 0 spiro atoms. The van der Waals surface area contributed by atoms with E-state index in [-0.39, 0.29) is 17.3 Å². The number of aromatic hydroxyl groups is 1. The summed E-state index contributed by atoms with van der Waals surface area (Å²) in [6, 6.07) is 19.8. The summed E-state index contributed by atoms with van der Waals surface area (Å²) in [7, 11) is -3.79. The molecule has 0 amide bonds. The van der Waals surface area contributed by atoms with Gasteiger partial charge in [0.05, 0.1) is 17.6 Å². The molecule has 8 nitrogen and oxygen atoms in total. The van der Waals surface area contributed by atoms with E-state index in [1.54, 1.807) is 24.3 Å². The van der Waals surface area contributed by atoms with Gasteiger partial charge in [0.2, 0.25) is 10.0 Å². The monoisotopic (exact) mass is 570 g/mol. The summed E-state index contributed by atoms with van der Waals surface area (Å²) < 4.78 is 29.7. The van der Waals surface area contributed by atoms with Crippen LogP contribution in [0, 0.1) is 0 Å². The number of rotatable bonds is 18. The van der Waals surface area contributed by atoms with Gasteiger partial charge in [0.25, 0.3) is 0 Å². The van der Waals surface area contributed by atoms with Crippen molar-refractivity contribution < 1.29 is 28.5 Å². The molecule has 0 saturated heterocycles. The number of aryl methyl sites for hydroxylation is 1. The van der Waals surface area contributed by atoms with Crippen LogP contribution in [0.25, 0.3) is 11.1 Å². The first kappa shape index (κ1) is 31.7. The highest BCUT2D eigenvalue weighted by atomic mass is 32.2. The average molecular weight is 571 g/mol. The first-order valence-electron chi connectivity index (χ1n) is 13.9. The Morgan fingerprint density at radius 3 is 2.30 bits per heavy atom. The maximum absolute atomic E-state index is 12.0. The first-order valence-corrected chi connectivity index (χ1v) is 15.4. The molecule has 1 atom stereocenters. The minimum atomic E-state index is -3.79. The molecule has 0 saturated carbocycles. The number of phenols is 1. The van der Waals surface area contributed by atoms with E-state index in [0.717, 1.165) is 74.8 Å². The van der Waals surface area contributed by atoms with Gasteiger partial charge in [-0.2, -0.15) is 0 Å². The molecule has 3 aromatic carbocycles. The van der Waals surface area contributed by atoms with Gasteiger partial charge in [0.15, 0.2) is 0 Å². The quantitative estimate of drug-likeness (QED) is 0.143. The normalized spacial score (nSPS) is 12.5. The first-order chi connectivity index (χ1) is 19.3. The predicted octanol–water partition coefficient (Wildman–Crippen LogP) is 4.42. The van der Waals surface area contributed by atoms with E-state index in [1.165, 1.54) is 6.07 Å². The van der Waals surface area contributed by atoms with Crippen LogP contribution in [-0.4, -0.2) is 50.0 Å². The Morgan fingerprint density at radius 1 is 0.850 bits per heavy atom. The van der Waals surface area contributed by atoms with Gasteiger partial charge >= 0.3 is 0 Å². The molecular weight excluding hydrogens is 528 g/mol. The van der Waals surface area contributed by atoms with Crippen LogP contribution in [0.4, 0.5) is 0 Å². The van der Waals surface area contributed by atoms with Crippen molar-refractivity contribution in [3.63, 3.8) is 0 Å². The maximum Gasteiger partial charge on any atom is 0.238 e. The third-order valence-electron chi connectivity index (χ3n) is 6.79. The molecule has 0 heterocycles. The van der Waals surface area contributed by atoms with Gasteiger partial charge in [-0.25, -0.2) is 13.6 Å². The Hall–Kier alpha value is -2.79. The molecular formula is C31H42N2O6S. The standard InChI is InChI=1S/C31H42N2O6S/c32-40(37,38)29-19-24(18-27(21-29)25-11-4-3-5-12-25)10-6-9-17-39-16-8-2-1-7-15-33-22-31(36)26-13-14-30(35)28(20-26)23-34/h3-5,11-14,18-21,31,33-36H,1-2,6-10,15-17,22-23H2,(H2,32,37,38)/t31-/m0/s1. The van der Waals surface area contributed by atoms with E-state index in [1.807, 2.05) is 36.4 Å². The molecule has 0 bridgehead atoms. The number of ether oxygens (including phenoxy) is 1. The van der Waals surface area contributed by atoms with Crippen LogP contribution >= 0.6 is 0 Å². The van der Waals surface area contributed by atoms with E-state index in [0.29, 0.717) is 24.3 Å². The lowest BCUT2D eigenvalue weighted by atomic mass is 10.0. The molecule has 0 unspecified atom stereocenters. The Kier molecular flexibility index (Phi) is 13.1. The van der Waals surface area contributed by atoms with Gasteiger partial charge in [-0.05, 0) is 85.2 Å². The molecule has 3 rings (SSSR count). The summed E-state index contributed by atoms with van der Waals surface area (Å²) in [4.78, 5) is 0.139. The lowest BCUT2D eigenvalue weighted by Gasteiger charge is -2.14. The van der Waals surface area contributed by atoms with E-state index in [4.69, 9.17) is 9.88 Å². The molecule has 6 N–H and O–H groups in total. The topological polar surface area (TPSA) is 142 Å². The molecule has 0 aliphatic heterocycles. The third kappa shape index (κ3) is 10.6. The van der Waals surface area contributed by atoms with Crippen LogP contribution in [0.1, 0.15) is 61.3 Å². The van der Waals surface area contributed by atoms with E-state index < -0.39 is 16.1 Å². The van der Waals surface area contributed by atoms with Gasteiger partial charge < -0.3 is 25.4 Å². The number of primary sulfonamides is 1. The number of aliphatic hydroxyl groups is 2. The van der Waals surface area contributed by atoms with Crippen LogP contribution in [-0.2, 0) is 27.8 Å². The molecule has 40 heavy (non-hydrogen) atoms. The van der Waals surface area contributed by atoms with Crippen molar-refractivity contribution in [2.24, 2.45) is 5.14 Å². The molecule has 9 heteroatoms. The van der Waals surface area contributed by atoms with Crippen LogP contribution in [0.5, 0.6) is 5.75 Å². The number of nitrogens with one attached hydrogen (secondary N) is 1. The number of nitrogens with two attached hydrogens (primary N) is 1. The van der Waals surface area contributed by atoms with Crippen molar-refractivity contribution in [2.45, 2.75) is 62.6 Å². The van der Waals surface area contributed by atoms with Crippen LogP contribution < -0.4 is 10.5 Å². The van der Waals surface area contributed by atoms with Crippen LogP contribution in [0.2, 0.25) is 0 Å². The van der Waals surface area contributed by atoms with Crippen molar-refractivity contribution in [1.29, 1.82) is 0 Å². The number of aliphatic hydroxyl groups excluding tert-OH is 2. The van der Waals surface area contributed by atoms with Gasteiger partial charge in [-0.15, -0.1) is 0 Å². The third-order valence-corrected chi connectivity index (χ3v) is 7.69. The number of unbranched alkanes of at least 4 members (excludes halogenated alkanes) is 4. The van der Waals surface area contributed by atoms with Gasteiger partial charge in [-0.1, -0.05) is 55.3 Å². The Labute approximate surface area is 237 Å². The van der Waals surface area contributed by atoms with Crippen molar-refractivity contribution in [3.05, 3.63) is 83.4 Å². The molecule has 0 radical (unpaired) electrons. The van der Waals surface area contributed by atoms with Crippen LogP contribution in [0.15, 0.2) is 71.6 Å². The van der Waals surface area contributed by atoms with Crippen LogP contribution in [0.3, 0.4) is 0 Å². The molecule has 3 aromatic rings. The Balaban J connectivity index is 1.24. The predicted molar refractivity (Wildman–Crippen MR) is 157 cm³/mol. The summed E-state index contributed by atoms with van der Waals surface area (Å²) >= 11 is 0. The highest BCUT2D eigenvalue weighted by Gasteiger charge is 2.12. The fraction of sp³-hybridized carbons (Fsp3) is 0.419. The van der Waals surface area contributed by atoms with Gasteiger partial charge in [0, 0.05) is 25.3 Å². The zero-order valence-electron chi connectivity index (χ0n) is 23.0. The zero-order chi connectivity index (χ0) is 28.8. The Bertz CT molecular complexity index is 1280. The smallest absolute Gasteiger partial charge is 0.238 e. The number of sulfonamides is 1. The summed E-state index contributed by atoms with van der Waals surface area (Å²) in [6.45, 7) is 2.35. The molecule has 218 valence electrons. The largest absolute Gasteiger partial charge is 0.508 e. The fourth-order valence-electron chi connectivity index (χ4n) is 4.51. The molecule has 0 aromatic heterocycles. The molecule has 0 fully saturated rings. The fourth-order valence-corrected chi connectivity index (χ4v) is 5.11. The lowest BCUT2D eigenvalue weighted by Crippen LogP contribution is -2.22. The second-order valence-electron chi connectivity index (χ2n) is 10.0. The molecule has 0 aliphatic carbocycles. The summed E-state index contributed by atoms with van der Waals surface area (Å²) in [5.74, 6) is 0.0288. The zero-order valence-corrected chi connectivity index (χ0v) is 23.8. The second-order valence-corrected chi connectivity index (χ2v) is 11.6. The van der Waals surface area contributed by atoms with E-state index in [9.17, 15) is 23.7 Å². The van der Waals surface area contributed by atoms with E-state index in [2.05, 4.69) is 5.32 Å². The summed E-state index contributed by atoms with van der Waals surface area (Å²) in [5, 5.41) is 37.8. The van der Waals surface area contributed by atoms with Crippen molar-refractivity contribution >= 4 is 10.0 Å². The Morgan fingerprint density at radius 2 is 1.57 bits per heavy atom. The summed E-state index contributed by atoms with van der Waals surface area (Å²) in [6.07, 6.45) is 6.00. The van der Waals surface area contributed by atoms with Crippen molar-refractivity contribution in [2.75, 3.05) is 26.3 Å².